The minimum Gasteiger partial charge on any atom is -0.453 e. The van der Waals surface area contributed by atoms with Crippen LogP contribution in [0.1, 0.15) is 36.1 Å². The van der Waals surface area contributed by atoms with Crippen LogP contribution in [0.25, 0.3) is 22.4 Å². The smallest absolute Gasteiger partial charge is 0.229 e. The van der Waals surface area contributed by atoms with Gasteiger partial charge in [-0.1, -0.05) is 25.1 Å². The molecule has 0 aliphatic rings. The molecule has 0 aliphatic heterocycles. The summed E-state index contributed by atoms with van der Waals surface area (Å²) in [6.45, 7) is 1.71. The summed E-state index contributed by atoms with van der Waals surface area (Å²) in [6.07, 6.45) is 4.87. The van der Waals surface area contributed by atoms with E-state index in [1.807, 2.05) is 0 Å². The number of carbonyl (C=O) groups excluding carboxylic acids is 1. The van der Waals surface area contributed by atoms with Crippen LogP contribution < -0.4 is 4.74 Å². The average molecular weight is 569 g/mol. The van der Waals surface area contributed by atoms with Crippen molar-refractivity contribution in [3.8, 4) is 23.0 Å². The third kappa shape index (κ3) is 5.12. The number of halogens is 3. The number of nitrogens with zero attached hydrogens (tertiary/aromatic N) is 1. The van der Waals surface area contributed by atoms with E-state index >= 15 is 4.39 Å². The molecule has 0 saturated carbocycles. The SMILES string of the molecule is CC(c1coc(-c2cc(Oc3c(F)cc4[nH]ccc4c3S(C)(=O)=O)ccc2F)n1)c1cccc(CCC=O)c1F. The Hall–Kier alpha value is -4.38. The predicted octanol–water partition coefficient (Wildman–Crippen LogP) is 6.72. The van der Waals surface area contributed by atoms with Crippen LogP contribution in [0.4, 0.5) is 13.2 Å². The van der Waals surface area contributed by atoms with Crippen LogP contribution in [-0.2, 0) is 21.1 Å². The number of fused-ring (bicyclic) bond motifs is 1. The van der Waals surface area contributed by atoms with Gasteiger partial charge in [0, 0.05) is 41.8 Å². The minimum absolute atomic E-state index is 0.0585. The monoisotopic (exact) mass is 568 g/mol. The first-order valence-corrected chi connectivity index (χ1v) is 14.1. The number of aromatic amines is 1. The lowest BCUT2D eigenvalue weighted by Gasteiger charge is -2.13. The second-order valence-corrected chi connectivity index (χ2v) is 11.2. The zero-order valence-corrected chi connectivity index (χ0v) is 22.2. The number of ether oxygens (including phenoxy) is 1. The van der Waals surface area contributed by atoms with Crippen molar-refractivity contribution in [3.05, 3.63) is 95.3 Å². The molecule has 0 saturated heterocycles. The van der Waals surface area contributed by atoms with Crippen LogP contribution in [0.2, 0.25) is 0 Å². The van der Waals surface area contributed by atoms with Gasteiger partial charge >= 0.3 is 0 Å². The molecule has 5 aromatic rings. The third-order valence-electron chi connectivity index (χ3n) is 6.55. The van der Waals surface area contributed by atoms with Crippen LogP contribution in [0, 0.1) is 17.5 Å². The second kappa shape index (κ2) is 10.6. The number of rotatable bonds is 9. The number of aryl methyl sites for hydroxylation is 1. The van der Waals surface area contributed by atoms with Crippen molar-refractivity contribution < 1.29 is 35.5 Å². The highest BCUT2D eigenvalue weighted by molar-refractivity contribution is 7.91. The lowest BCUT2D eigenvalue weighted by molar-refractivity contribution is -0.107. The van der Waals surface area contributed by atoms with Gasteiger partial charge in [-0.15, -0.1) is 0 Å². The molecule has 5 rings (SSSR count). The molecule has 3 aromatic carbocycles. The second-order valence-electron chi connectivity index (χ2n) is 9.30. The predicted molar refractivity (Wildman–Crippen MR) is 142 cm³/mol. The summed E-state index contributed by atoms with van der Waals surface area (Å²) < 4.78 is 81.2. The van der Waals surface area contributed by atoms with E-state index in [1.165, 1.54) is 30.7 Å². The van der Waals surface area contributed by atoms with E-state index in [0.717, 1.165) is 24.7 Å². The number of benzene rings is 3. The molecule has 2 heterocycles. The van der Waals surface area contributed by atoms with E-state index in [2.05, 4.69) is 9.97 Å². The summed E-state index contributed by atoms with van der Waals surface area (Å²) in [6, 6.07) is 11.0. The highest BCUT2D eigenvalue weighted by Crippen LogP contribution is 2.39. The number of aldehydes is 1. The summed E-state index contributed by atoms with van der Waals surface area (Å²) >= 11 is 0. The molecular formula is C29H23F3N2O5S. The van der Waals surface area contributed by atoms with Gasteiger partial charge in [-0.25, -0.2) is 26.6 Å². The van der Waals surface area contributed by atoms with Gasteiger partial charge in [0.25, 0.3) is 0 Å². The van der Waals surface area contributed by atoms with Crippen LogP contribution in [0.3, 0.4) is 0 Å². The summed E-state index contributed by atoms with van der Waals surface area (Å²) in [5.74, 6) is -3.38. The van der Waals surface area contributed by atoms with Gasteiger partial charge in [-0.05, 0) is 41.8 Å². The van der Waals surface area contributed by atoms with Gasteiger partial charge in [0.1, 0.15) is 34.8 Å². The normalized spacial score (nSPS) is 12.5. The molecule has 0 amide bonds. The van der Waals surface area contributed by atoms with Crippen molar-refractivity contribution in [2.45, 2.75) is 30.6 Å². The first kappa shape index (κ1) is 27.2. The number of hydrogen-bond acceptors (Lipinski definition) is 6. The van der Waals surface area contributed by atoms with E-state index in [4.69, 9.17) is 9.15 Å². The Morgan fingerprint density at radius 2 is 1.90 bits per heavy atom. The first-order valence-electron chi connectivity index (χ1n) is 12.2. The molecule has 1 unspecified atom stereocenters. The van der Waals surface area contributed by atoms with E-state index in [0.29, 0.717) is 16.8 Å². The van der Waals surface area contributed by atoms with Gasteiger partial charge in [-0.2, -0.15) is 0 Å². The number of H-pyrrole nitrogens is 1. The maximum absolute atomic E-state index is 15.1. The zero-order valence-electron chi connectivity index (χ0n) is 21.4. The third-order valence-corrected chi connectivity index (χ3v) is 7.70. The molecule has 0 fully saturated rings. The lowest BCUT2D eigenvalue weighted by atomic mass is 9.94. The number of nitrogens with one attached hydrogen (secondary N) is 1. The molecule has 1 N–H and O–H groups in total. The van der Waals surface area contributed by atoms with Crippen molar-refractivity contribution in [2.24, 2.45) is 0 Å². The summed E-state index contributed by atoms with van der Waals surface area (Å²) in [5, 5.41) is 0.245. The molecule has 2 aromatic heterocycles. The lowest BCUT2D eigenvalue weighted by Crippen LogP contribution is -2.04. The Morgan fingerprint density at radius 1 is 1.10 bits per heavy atom. The van der Waals surface area contributed by atoms with Crippen LogP contribution >= 0.6 is 0 Å². The van der Waals surface area contributed by atoms with Gasteiger partial charge < -0.3 is 18.9 Å². The molecular weight excluding hydrogens is 545 g/mol. The van der Waals surface area contributed by atoms with Crippen molar-refractivity contribution in [1.29, 1.82) is 0 Å². The highest BCUT2D eigenvalue weighted by Gasteiger charge is 2.25. The largest absolute Gasteiger partial charge is 0.453 e. The van der Waals surface area contributed by atoms with Crippen molar-refractivity contribution >= 4 is 27.0 Å². The van der Waals surface area contributed by atoms with Crippen molar-refractivity contribution in [3.63, 3.8) is 0 Å². The van der Waals surface area contributed by atoms with E-state index < -0.39 is 39.0 Å². The van der Waals surface area contributed by atoms with Crippen LogP contribution in [0.15, 0.2) is 70.3 Å². The summed E-state index contributed by atoms with van der Waals surface area (Å²) in [5.41, 5.74) is 1.22. The fourth-order valence-corrected chi connectivity index (χ4v) is 5.60. The van der Waals surface area contributed by atoms with Gasteiger partial charge in [0.2, 0.25) is 5.89 Å². The number of hydrogen-bond donors (Lipinski definition) is 1. The topological polar surface area (TPSA) is 102 Å². The molecule has 0 aliphatic carbocycles. The average Bonchev–Trinajstić information content (AvgIpc) is 3.58. The molecule has 40 heavy (non-hydrogen) atoms. The standard InChI is InChI=1S/C29H23F3N2O5S/c1-16(19-7-3-5-17(26(19)32)6-4-12-35)25-15-38-29(34-25)21-13-18(8-9-22(21)30)39-27-23(31)14-24-20(10-11-33-24)28(27)40(2,36)37/h3,5,7-16,33H,4,6H2,1-2H3. The van der Waals surface area contributed by atoms with Gasteiger partial charge in [0.15, 0.2) is 21.4 Å². The Labute approximate surface area is 227 Å². The maximum Gasteiger partial charge on any atom is 0.229 e. The van der Waals surface area contributed by atoms with Crippen molar-refractivity contribution in [1.82, 2.24) is 9.97 Å². The van der Waals surface area contributed by atoms with Gasteiger partial charge in [-0.3, -0.25) is 0 Å². The van der Waals surface area contributed by atoms with Gasteiger partial charge in [0.05, 0.1) is 11.3 Å². The summed E-state index contributed by atoms with van der Waals surface area (Å²) in [7, 11) is -3.93. The molecule has 11 heteroatoms. The minimum atomic E-state index is -3.93. The van der Waals surface area contributed by atoms with E-state index in [-0.39, 0.29) is 45.8 Å². The highest BCUT2D eigenvalue weighted by atomic mass is 32.2. The summed E-state index contributed by atoms with van der Waals surface area (Å²) in [4.78, 5) is 17.5. The Morgan fingerprint density at radius 3 is 2.65 bits per heavy atom. The number of carbonyl (C=O) groups is 1. The molecule has 206 valence electrons. The quantitative estimate of drug-likeness (QED) is 0.198. The molecule has 0 spiro atoms. The number of aromatic nitrogens is 2. The Balaban J connectivity index is 1.49. The number of sulfone groups is 1. The molecule has 0 radical (unpaired) electrons. The first-order chi connectivity index (χ1) is 19.1. The van der Waals surface area contributed by atoms with Crippen LogP contribution in [0.5, 0.6) is 11.5 Å². The van der Waals surface area contributed by atoms with Crippen LogP contribution in [-0.4, -0.2) is 30.9 Å². The fraction of sp³-hybridized carbons (Fsp3) is 0.172. The Kier molecular flexibility index (Phi) is 7.24. The Bertz CT molecular complexity index is 1850. The van der Waals surface area contributed by atoms with E-state index in [1.54, 1.807) is 25.1 Å². The van der Waals surface area contributed by atoms with E-state index in [9.17, 15) is 22.0 Å². The number of oxazole rings is 1. The van der Waals surface area contributed by atoms with Crippen molar-refractivity contribution in [2.75, 3.05) is 6.26 Å². The molecule has 7 nitrogen and oxygen atoms in total. The molecule has 0 bridgehead atoms. The fourth-order valence-electron chi connectivity index (χ4n) is 4.55. The zero-order chi connectivity index (χ0) is 28.6. The molecule has 1 atom stereocenters. The maximum atomic E-state index is 15.1.